The van der Waals surface area contributed by atoms with E-state index in [0.29, 0.717) is 13.2 Å². The molecular weight excluding hydrogens is 264 g/mol. The summed E-state index contributed by atoms with van der Waals surface area (Å²) in [6.07, 6.45) is 3.89. The van der Waals surface area contributed by atoms with E-state index in [2.05, 4.69) is 24.4 Å². The van der Waals surface area contributed by atoms with E-state index >= 15 is 0 Å². The van der Waals surface area contributed by atoms with Crippen LogP contribution in [-0.2, 0) is 6.42 Å². The van der Waals surface area contributed by atoms with Crippen molar-refractivity contribution in [3.05, 3.63) is 23.3 Å². The lowest BCUT2D eigenvalue weighted by molar-refractivity contribution is 0.254. The van der Waals surface area contributed by atoms with Gasteiger partial charge in [-0.2, -0.15) is 0 Å². The molecule has 1 aromatic carbocycles. The fourth-order valence-corrected chi connectivity index (χ4v) is 2.96. The van der Waals surface area contributed by atoms with Gasteiger partial charge in [0.15, 0.2) is 0 Å². The zero-order valence-corrected chi connectivity index (χ0v) is 13.0. The maximum atomic E-state index is 5.99. The van der Waals surface area contributed by atoms with Crippen LogP contribution in [0.5, 0.6) is 11.5 Å². The Labute approximate surface area is 127 Å². The number of rotatable bonds is 7. The van der Waals surface area contributed by atoms with Crippen LogP contribution in [0.2, 0.25) is 0 Å². The third kappa shape index (κ3) is 3.33. The number of nitrogens with one attached hydrogen (secondary N) is 1. The lowest BCUT2D eigenvalue weighted by atomic mass is 10.0. The molecule has 0 aromatic heterocycles. The van der Waals surface area contributed by atoms with Crippen LogP contribution in [0, 0.1) is 5.92 Å². The molecular formula is C17H26N2O2. The zero-order chi connectivity index (χ0) is 14.8. The number of ether oxygens (including phenoxy) is 2. The zero-order valence-electron chi connectivity index (χ0n) is 13.0. The fourth-order valence-electron chi connectivity index (χ4n) is 2.96. The molecule has 4 nitrogen and oxygen atoms in total. The molecule has 0 amide bonds. The molecule has 1 aliphatic heterocycles. The average molecular weight is 290 g/mol. The molecule has 1 fully saturated rings. The molecule has 1 aliphatic carbocycles. The standard InChI is InChI=1S/C17H26N2O2/c1-3-20-17-7-13-6-11(2)21-16(13)8-14(17)15(9-18)19-10-12-4-5-12/h7-8,11-12,15,19H,3-6,9-10,18H2,1-2H3. The van der Waals surface area contributed by atoms with Crippen LogP contribution in [0.25, 0.3) is 0 Å². The van der Waals surface area contributed by atoms with Gasteiger partial charge < -0.3 is 20.5 Å². The first kappa shape index (κ1) is 14.7. The van der Waals surface area contributed by atoms with E-state index in [4.69, 9.17) is 15.2 Å². The van der Waals surface area contributed by atoms with Crippen molar-refractivity contribution in [3.8, 4) is 11.5 Å². The van der Waals surface area contributed by atoms with Gasteiger partial charge in [0.2, 0.25) is 0 Å². The third-order valence-electron chi connectivity index (χ3n) is 4.29. The second kappa shape index (κ2) is 6.24. The minimum absolute atomic E-state index is 0.136. The van der Waals surface area contributed by atoms with E-state index < -0.39 is 0 Å². The van der Waals surface area contributed by atoms with E-state index in [1.165, 1.54) is 18.4 Å². The number of benzene rings is 1. The Hall–Kier alpha value is -1.26. The molecule has 4 heteroatoms. The Kier molecular flexibility index (Phi) is 4.36. The van der Waals surface area contributed by atoms with Gasteiger partial charge in [-0.15, -0.1) is 0 Å². The Balaban J connectivity index is 1.84. The van der Waals surface area contributed by atoms with E-state index in [-0.39, 0.29) is 12.1 Å². The minimum atomic E-state index is 0.136. The second-order valence-electron chi connectivity index (χ2n) is 6.20. The lowest BCUT2D eigenvalue weighted by Gasteiger charge is -2.21. The van der Waals surface area contributed by atoms with Crippen molar-refractivity contribution in [2.45, 2.75) is 45.3 Å². The molecule has 1 heterocycles. The molecule has 1 saturated carbocycles. The Morgan fingerprint density at radius 1 is 1.43 bits per heavy atom. The van der Waals surface area contributed by atoms with Crippen molar-refractivity contribution < 1.29 is 9.47 Å². The molecule has 3 rings (SSSR count). The van der Waals surface area contributed by atoms with Crippen molar-refractivity contribution >= 4 is 0 Å². The van der Waals surface area contributed by atoms with E-state index in [1.807, 2.05) is 6.92 Å². The molecule has 2 aliphatic rings. The van der Waals surface area contributed by atoms with Gasteiger partial charge in [-0.05, 0) is 51.3 Å². The molecule has 2 unspecified atom stereocenters. The predicted octanol–water partition coefficient (Wildman–Crippen LogP) is 2.41. The van der Waals surface area contributed by atoms with Gasteiger partial charge in [0, 0.05) is 30.1 Å². The highest BCUT2D eigenvalue weighted by atomic mass is 16.5. The van der Waals surface area contributed by atoms with E-state index in [1.54, 1.807) is 0 Å². The van der Waals surface area contributed by atoms with Gasteiger partial charge in [-0.1, -0.05) is 0 Å². The molecule has 0 saturated heterocycles. The molecule has 1 aromatic rings. The SMILES string of the molecule is CCOc1cc2c(cc1C(CN)NCC1CC1)OC(C)C2. The predicted molar refractivity (Wildman–Crippen MR) is 83.9 cm³/mol. The lowest BCUT2D eigenvalue weighted by Crippen LogP contribution is -2.30. The summed E-state index contributed by atoms with van der Waals surface area (Å²) >= 11 is 0. The number of hydrogen-bond donors (Lipinski definition) is 2. The highest BCUT2D eigenvalue weighted by Crippen LogP contribution is 2.38. The van der Waals surface area contributed by atoms with Crippen LogP contribution in [0.3, 0.4) is 0 Å². The largest absolute Gasteiger partial charge is 0.494 e. The summed E-state index contributed by atoms with van der Waals surface area (Å²) in [5.74, 6) is 2.78. The van der Waals surface area contributed by atoms with Gasteiger partial charge in [0.25, 0.3) is 0 Å². The fraction of sp³-hybridized carbons (Fsp3) is 0.647. The molecule has 0 spiro atoms. The summed E-state index contributed by atoms with van der Waals surface area (Å²) in [6, 6.07) is 4.40. The third-order valence-corrected chi connectivity index (χ3v) is 4.29. The van der Waals surface area contributed by atoms with Crippen LogP contribution in [0.1, 0.15) is 43.9 Å². The van der Waals surface area contributed by atoms with Crippen molar-refractivity contribution in [2.24, 2.45) is 11.7 Å². The quantitative estimate of drug-likeness (QED) is 0.809. The topological polar surface area (TPSA) is 56.5 Å². The average Bonchev–Trinajstić information content (AvgIpc) is 3.21. The first-order valence-corrected chi connectivity index (χ1v) is 8.11. The first-order valence-electron chi connectivity index (χ1n) is 8.11. The van der Waals surface area contributed by atoms with Crippen molar-refractivity contribution in [1.29, 1.82) is 0 Å². The summed E-state index contributed by atoms with van der Waals surface area (Å²) in [5.41, 5.74) is 8.37. The normalized spacial score (nSPS) is 21.8. The van der Waals surface area contributed by atoms with Crippen LogP contribution in [0.4, 0.5) is 0 Å². The smallest absolute Gasteiger partial charge is 0.124 e. The van der Waals surface area contributed by atoms with E-state index in [0.717, 1.165) is 35.9 Å². The number of nitrogens with two attached hydrogens (primary N) is 1. The molecule has 0 radical (unpaired) electrons. The Morgan fingerprint density at radius 2 is 2.24 bits per heavy atom. The summed E-state index contributed by atoms with van der Waals surface area (Å²) in [7, 11) is 0. The number of fused-ring (bicyclic) bond motifs is 1. The Bertz CT molecular complexity index is 500. The second-order valence-corrected chi connectivity index (χ2v) is 6.20. The molecule has 21 heavy (non-hydrogen) atoms. The first-order chi connectivity index (χ1) is 10.2. The maximum Gasteiger partial charge on any atom is 0.124 e. The molecule has 0 bridgehead atoms. The molecule has 116 valence electrons. The highest BCUT2D eigenvalue weighted by Gasteiger charge is 2.26. The van der Waals surface area contributed by atoms with Gasteiger partial charge >= 0.3 is 0 Å². The maximum absolute atomic E-state index is 5.99. The van der Waals surface area contributed by atoms with Gasteiger partial charge in [-0.25, -0.2) is 0 Å². The summed E-state index contributed by atoms with van der Waals surface area (Å²) < 4.78 is 11.7. The van der Waals surface area contributed by atoms with Crippen molar-refractivity contribution in [3.63, 3.8) is 0 Å². The van der Waals surface area contributed by atoms with Gasteiger partial charge in [0.05, 0.1) is 6.61 Å². The summed E-state index contributed by atoms with van der Waals surface area (Å²) in [6.45, 7) is 6.40. The molecule has 3 N–H and O–H groups in total. The van der Waals surface area contributed by atoms with E-state index in [9.17, 15) is 0 Å². The van der Waals surface area contributed by atoms with Crippen molar-refractivity contribution in [2.75, 3.05) is 19.7 Å². The molecule has 2 atom stereocenters. The number of hydrogen-bond acceptors (Lipinski definition) is 4. The van der Waals surface area contributed by atoms with Gasteiger partial charge in [0.1, 0.15) is 17.6 Å². The van der Waals surface area contributed by atoms with Gasteiger partial charge in [-0.3, -0.25) is 0 Å². The summed E-state index contributed by atoms with van der Waals surface area (Å²) in [4.78, 5) is 0. The van der Waals surface area contributed by atoms with Crippen LogP contribution < -0.4 is 20.5 Å². The van der Waals surface area contributed by atoms with Crippen LogP contribution >= 0.6 is 0 Å². The summed E-state index contributed by atoms with van der Waals surface area (Å²) in [5, 5.41) is 3.59. The minimum Gasteiger partial charge on any atom is -0.494 e. The highest BCUT2D eigenvalue weighted by molar-refractivity contribution is 5.50. The monoisotopic (exact) mass is 290 g/mol. The Morgan fingerprint density at radius 3 is 2.90 bits per heavy atom. The van der Waals surface area contributed by atoms with Crippen LogP contribution in [-0.4, -0.2) is 25.8 Å². The van der Waals surface area contributed by atoms with Crippen LogP contribution in [0.15, 0.2) is 12.1 Å². The van der Waals surface area contributed by atoms with Crippen molar-refractivity contribution in [1.82, 2.24) is 5.32 Å².